The second kappa shape index (κ2) is 6.69. The van der Waals surface area contributed by atoms with Gasteiger partial charge in [0.2, 0.25) is 0 Å². The van der Waals surface area contributed by atoms with Crippen LogP contribution in [0.1, 0.15) is 33.3 Å². The van der Waals surface area contributed by atoms with Crippen LogP contribution in [-0.2, 0) is 5.41 Å². The van der Waals surface area contributed by atoms with Gasteiger partial charge in [0, 0.05) is 29.0 Å². The lowest BCUT2D eigenvalue weighted by atomic mass is 9.84. The van der Waals surface area contributed by atoms with Gasteiger partial charge in [-0.3, -0.25) is 0 Å². The Labute approximate surface area is 119 Å². The first-order valence-corrected chi connectivity index (χ1v) is 7.35. The molecule has 0 aromatic heterocycles. The fraction of sp³-hybridized carbons (Fsp3) is 0.600. The third kappa shape index (κ3) is 4.38. The van der Waals surface area contributed by atoms with E-state index in [9.17, 15) is 0 Å². The van der Waals surface area contributed by atoms with Gasteiger partial charge in [-0.25, -0.2) is 0 Å². The SMILES string of the molecule is CC(C)C(CN)NCC(C)(C)c1cccc(Br)c1. The zero-order valence-corrected chi connectivity index (χ0v) is 13.4. The first-order valence-electron chi connectivity index (χ1n) is 6.56. The van der Waals surface area contributed by atoms with Crippen molar-refractivity contribution in [2.45, 2.75) is 39.2 Å². The van der Waals surface area contributed by atoms with Gasteiger partial charge in [-0.05, 0) is 23.6 Å². The average molecular weight is 313 g/mol. The molecule has 1 unspecified atom stereocenters. The Bertz CT molecular complexity index is 375. The Kier molecular flexibility index (Phi) is 5.83. The summed E-state index contributed by atoms with van der Waals surface area (Å²) in [4.78, 5) is 0. The van der Waals surface area contributed by atoms with Gasteiger partial charge < -0.3 is 11.1 Å². The van der Waals surface area contributed by atoms with Crippen molar-refractivity contribution in [2.24, 2.45) is 11.7 Å². The van der Waals surface area contributed by atoms with Crippen LogP contribution in [0, 0.1) is 5.92 Å². The van der Waals surface area contributed by atoms with E-state index < -0.39 is 0 Å². The molecule has 102 valence electrons. The Morgan fingerprint density at radius 1 is 1.33 bits per heavy atom. The molecule has 0 spiro atoms. The normalized spacial score (nSPS) is 13.9. The quantitative estimate of drug-likeness (QED) is 0.846. The molecular weight excluding hydrogens is 288 g/mol. The summed E-state index contributed by atoms with van der Waals surface area (Å²) in [6, 6.07) is 8.90. The van der Waals surface area contributed by atoms with E-state index in [1.54, 1.807) is 0 Å². The van der Waals surface area contributed by atoms with Crippen molar-refractivity contribution in [3.8, 4) is 0 Å². The molecule has 0 aliphatic rings. The van der Waals surface area contributed by atoms with E-state index >= 15 is 0 Å². The smallest absolute Gasteiger partial charge is 0.0213 e. The number of hydrogen-bond donors (Lipinski definition) is 2. The van der Waals surface area contributed by atoms with Crippen LogP contribution in [0.5, 0.6) is 0 Å². The highest BCUT2D eigenvalue weighted by atomic mass is 79.9. The first kappa shape index (κ1) is 15.7. The Morgan fingerprint density at radius 3 is 2.50 bits per heavy atom. The lowest BCUT2D eigenvalue weighted by molar-refractivity contribution is 0.360. The molecule has 1 aromatic rings. The van der Waals surface area contributed by atoms with Gasteiger partial charge in [0.15, 0.2) is 0 Å². The first-order chi connectivity index (χ1) is 8.36. The van der Waals surface area contributed by atoms with Gasteiger partial charge in [0.1, 0.15) is 0 Å². The molecule has 0 radical (unpaired) electrons. The topological polar surface area (TPSA) is 38.0 Å². The lowest BCUT2D eigenvalue weighted by Gasteiger charge is -2.30. The summed E-state index contributed by atoms with van der Waals surface area (Å²) in [6.45, 7) is 10.5. The van der Waals surface area contributed by atoms with E-state index in [1.807, 2.05) is 0 Å². The van der Waals surface area contributed by atoms with E-state index in [1.165, 1.54) is 5.56 Å². The van der Waals surface area contributed by atoms with Crippen molar-refractivity contribution in [2.75, 3.05) is 13.1 Å². The number of benzene rings is 1. The fourth-order valence-electron chi connectivity index (χ4n) is 1.99. The standard InChI is InChI=1S/C15H25BrN2/c1-11(2)14(9-17)18-10-15(3,4)12-6-5-7-13(16)8-12/h5-8,11,14,18H,9-10,17H2,1-4H3. The zero-order valence-electron chi connectivity index (χ0n) is 11.8. The number of hydrogen-bond acceptors (Lipinski definition) is 2. The molecule has 0 aliphatic carbocycles. The van der Waals surface area contributed by atoms with Crippen molar-refractivity contribution in [1.82, 2.24) is 5.32 Å². The van der Waals surface area contributed by atoms with Crippen molar-refractivity contribution in [3.63, 3.8) is 0 Å². The van der Waals surface area contributed by atoms with Crippen LogP contribution in [-0.4, -0.2) is 19.1 Å². The van der Waals surface area contributed by atoms with Crippen LogP contribution >= 0.6 is 15.9 Å². The summed E-state index contributed by atoms with van der Waals surface area (Å²) in [5, 5.41) is 3.59. The molecule has 0 amide bonds. The maximum absolute atomic E-state index is 5.80. The van der Waals surface area contributed by atoms with Crippen LogP contribution in [0.3, 0.4) is 0 Å². The molecule has 1 atom stereocenters. The summed E-state index contributed by atoms with van der Waals surface area (Å²) in [5.74, 6) is 0.563. The minimum Gasteiger partial charge on any atom is -0.329 e. The third-order valence-electron chi connectivity index (χ3n) is 3.47. The van der Waals surface area contributed by atoms with Gasteiger partial charge >= 0.3 is 0 Å². The summed E-state index contributed by atoms with van der Waals surface area (Å²) < 4.78 is 1.13. The van der Waals surface area contributed by atoms with E-state index in [0.717, 1.165) is 11.0 Å². The molecule has 2 nitrogen and oxygen atoms in total. The number of halogens is 1. The maximum atomic E-state index is 5.80. The number of nitrogens with one attached hydrogen (secondary N) is 1. The van der Waals surface area contributed by atoms with Crippen molar-refractivity contribution in [1.29, 1.82) is 0 Å². The van der Waals surface area contributed by atoms with Crippen LogP contribution in [0.25, 0.3) is 0 Å². The lowest BCUT2D eigenvalue weighted by Crippen LogP contribution is -2.45. The molecule has 0 saturated heterocycles. The third-order valence-corrected chi connectivity index (χ3v) is 3.96. The van der Waals surface area contributed by atoms with Crippen LogP contribution in [0.4, 0.5) is 0 Å². The highest BCUT2D eigenvalue weighted by molar-refractivity contribution is 9.10. The molecular formula is C15H25BrN2. The predicted octanol–water partition coefficient (Wildman–Crippen LogP) is 3.30. The number of nitrogens with two attached hydrogens (primary N) is 1. The molecule has 18 heavy (non-hydrogen) atoms. The van der Waals surface area contributed by atoms with E-state index in [2.05, 4.69) is 73.2 Å². The monoisotopic (exact) mass is 312 g/mol. The molecule has 0 saturated carbocycles. The van der Waals surface area contributed by atoms with Gasteiger partial charge in [0.05, 0.1) is 0 Å². The van der Waals surface area contributed by atoms with Gasteiger partial charge in [-0.1, -0.05) is 55.8 Å². The number of rotatable bonds is 6. The van der Waals surface area contributed by atoms with E-state index in [4.69, 9.17) is 5.73 Å². The second-order valence-electron chi connectivity index (χ2n) is 5.86. The molecule has 0 aliphatic heterocycles. The van der Waals surface area contributed by atoms with E-state index in [-0.39, 0.29) is 5.41 Å². The Morgan fingerprint density at radius 2 is 2.00 bits per heavy atom. The molecule has 3 heteroatoms. The second-order valence-corrected chi connectivity index (χ2v) is 6.78. The molecule has 1 aromatic carbocycles. The molecule has 0 bridgehead atoms. The maximum Gasteiger partial charge on any atom is 0.0213 e. The van der Waals surface area contributed by atoms with Crippen LogP contribution in [0.2, 0.25) is 0 Å². The van der Waals surface area contributed by atoms with Crippen molar-refractivity contribution < 1.29 is 0 Å². The Hall–Kier alpha value is -0.380. The highest BCUT2D eigenvalue weighted by Crippen LogP contribution is 2.25. The largest absolute Gasteiger partial charge is 0.329 e. The molecule has 0 heterocycles. The van der Waals surface area contributed by atoms with Gasteiger partial charge in [0.25, 0.3) is 0 Å². The molecule has 1 rings (SSSR count). The predicted molar refractivity (Wildman–Crippen MR) is 82.9 cm³/mol. The van der Waals surface area contributed by atoms with Crippen molar-refractivity contribution in [3.05, 3.63) is 34.3 Å². The highest BCUT2D eigenvalue weighted by Gasteiger charge is 2.22. The molecule has 3 N–H and O–H groups in total. The summed E-state index contributed by atoms with van der Waals surface area (Å²) in [6.07, 6.45) is 0. The van der Waals surface area contributed by atoms with Crippen molar-refractivity contribution >= 4 is 15.9 Å². The minimum atomic E-state index is 0.103. The van der Waals surface area contributed by atoms with Gasteiger partial charge in [-0.15, -0.1) is 0 Å². The van der Waals surface area contributed by atoms with Crippen LogP contribution < -0.4 is 11.1 Å². The fourth-order valence-corrected chi connectivity index (χ4v) is 2.39. The zero-order chi connectivity index (χ0) is 13.8. The minimum absolute atomic E-state index is 0.103. The summed E-state index contributed by atoms with van der Waals surface area (Å²) in [5.41, 5.74) is 7.24. The Balaban J connectivity index is 2.70. The molecule has 0 fully saturated rings. The summed E-state index contributed by atoms with van der Waals surface area (Å²) in [7, 11) is 0. The summed E-state index contributed by atoms with van der Waals surface area (Å²) >= 11 is 3.53. The average Bonchev–Trinajstić information content (AvgIpc) is 2.29. The van der Waals surface area contributed by atoms with E-state index in [0.29, 0.717) is 18.5 Å². The van der Waals surface area contributed by atoms with Gasteiger partial charge in [-0.2, -0.15) is 0 Å². The van der Waals surface area contributed by atoms with Crippen LogP contribution in [0.15, 0.2) is 28.7 Å².